The molecule has 2 aromatic carbocycles. The zero-order valence-electron chi connectivity index (χ0n) is 16.5. The molecule has 0 saturated carbocycles. The third kappa shape index (κ3) is 3.37. The second-order valence-electron chi connectivity index (χ2n) is 7.32. The summed E-state index contributed by atoms with van der Waals surface area (Å²) < 4.78 is 56.9. The van der Waals surface area contributed by atoms with E-state index >= 15 is 0 Å². The molecule has 1 aliphatic heterocycles. The summed E-state index contributed by atoms with van der Waals surface area (Å²) >= 11 is 0. The average Bonchev–Trinajstić information content (AvgIpc) is 3.25. The topological polar surface area (TPSA) is 75.4 Å². The lowest BCUT2D eigenvalue weighted by Crippen LogP contribution is -2.30. The minimum atomic E-state index is -3.87. The smallest absolute Gasteiger partial charge is 0.268 e. The Kier molecular flexibility index (Phi) is 5.11. The van der Waals surface area contributed by atoms with Gasteiger partial charge in [0.1, 0.15) is 22.6 Å². The molecule has 158 valence electrons. The van der Waals surface area contributed by atoms with Crippen molar-refractivity contribution in [3.63, 3.8) is 0 Å². The van der Waals surface area contributed by atoms with E-state index in [1.54, 1.807) is 26.0 Å². The summed E-state index contributed by atoms with van der Waals surface area (Å²) in [6.45, 7) is 3.29. The lowest BCUT2D eigenvalue weighted by atomic mass is 10.1. The van der Waals surface area contributed by atoms with Gasteiger partial charge in [-0.15, -0.1) is 0 Å². The molecule has 1 unspecified atom stereocenters. The van der Waals surface area contributed by atoms with Crippen molar-refractivity contribution in [2.24, 2.45) is 0 Å². The monoisotopic (exact) mass is 433 g/mol. The molecule has 1 aliphatic rings. The summed E-state index contributed by atoms with van der Waals surface area (Å²) in [6.07, 6.45) is -0.763. The van der Waals surface area contributed by atoms with Gasteiger partial charge in [-0.3, -0.25) is 8.99 Å². The van der Waals surface area contributed by atoms with Crippen molar-refractivity contribution < 1.29 is 22.3 Å². The fourth-order valence-electron chi connectivity index (χ4n) is 3.93. The lowest BCUT2D eigenvalue weighted by Gasteiger charge is -2.20. The zero-order chi connectivity index (χ0) is 21.6. The van der Waals surface area contributed by atoms with Crippen LogP contribution < -0.4 is 4.31 Å². The number of sulfonamides is 1. The van der Waals surface area contributed by atoms with Crippen molar-refractivity contribution in [2.75, 3.05) is 10.8 Å². The van der Waals surface area contributed by atoms with Crippen LogP contribution >= 0.6 is 0 Å². The van der Waals surface area contributed by atoms with Crippen LogP contribution in [-0.2, 0) is 23.0 Å². The molecule has 3 aromatic rings. The first-order valence-electron chi connectivity index (χ1n) is 9.48. The van der Waals surface area contributed by atoms with Gasteiger partial charge < -0.3 is 5.11 Å². The van der Waals surface area contributed by atoms with Gasteiger partial charge in [0, 0.05) is 12.1 Å². The van der Waals surface area contributed by atoms with Crippen LogP contribution in [-0.4, -0.2) is 29.8 Å². The van der Waals surface area contributed by atoms with E-state index in [2.05, 4.69) is 5.10 Å². The number of aryl methyl sites for hydroxylation is 1. The molecular formula is C21H21F2N3O3S. The minimum Gasteiger partial charge on any atom is -0.386 e. The van der Waals surface area contributed by atoms with Crippen LogP contribution in [0.2, 0.25) is 0 Å². The van der Waals surface area contributed by atoms with E-state index in [0.29, 0.717) is 24.3 Å². The van der Waals surface area contributed by atoms with Gasteiger partial charge in [0.15, 0.2) is 0 Å². The number of aromatic nitrogens is 2. The molecule has 0 saturated heterocycles. The number of hydrogen-bond acceptors (Lipinski definition) is 4. The fourth-order valence-corrected chi connectivity index (χ4v) is 5.81. The Labute approximate surface area is 173 Å². The van der Waals surface area contributed by atoms with Gasteiger partial charge in [0.2, 0.25) is 0 Å². The van der Waals surface area contributed by atoms with E-state index in [9.17, 15) is 22.3 Å². The van der Waals surface area contributed by atoms with Crippen LogP contribution in [0.15, 0.2) is 47.4 Å². The van der Waals surface area contributed by atoms with Crippen molar-refractivity contribution >= 4 is 15.7 Å². The maximum Gasteiger partial charge on any atom is 0.268 e. The first-order chi connectivity index (χ1) is 14.2. The second-order valence-corrected chi connectivity index (χ2v) is 9.12. The van der Waals surface area contributed by atoms with Crippen LogP contribution in [0.25, 0.3) is 0 Å². The summed E-state index contributed by atoms with van der Waals surface area (Å²) in [5, 5.41) is 14.7. The summed E-state index contributed by atoms with van der Waals surface area (Å²) in [7, 11) is -3.87. The number of para-hydroxylation sites is 1. The van der Waals surface area contributed by atoms with Crippen LogP contribution in [0.3, 0.4) is 0 Å². The molecule has 30 heavy (non-hydrogen) atoms. The van der Waals surface area contributed by atoms with E-state index in [-0.39, 0.29) is 22.7 Å². The van der Waals surface area contributed by atoms with Crippen molar-refractivity contribution in [2.45, 2.75) is 37.8 Å². The van der Waals surface area contributed by atoms with Crippen molar-refractivity contribution in [1.82, 2.24) is 9.78 Å². The highest BCUT2D eigenvalue weighted by molar-refractivity contribution is 7.93. The zero-order valence-corrected chi connectivity index (χ0v) is 17.3. The SMILES string of the molecule is Cc1nn(CC(O)c2cc(F)ccc2F)c(C)c1S(=O)(=O)N1CCc2ccccc21. The Hall–Kier alpha value is -2.78. The van der Waals surface area contributed by atoms with Crippen LogP contribution in [0, 0.1) is 25.5 Å². The van der Waals surface area contributed by atoms with Gasteiger partial charge in [0.25, 0.3) is 10.0 Å². The second kappa shape index (κ2) is 7.48. The van der Waals surface area contributed by atoms with Gasteiger partial charge in [0.05, 0.1) is 23.6 Å². The molecule has 1 atom stereocenters. The van der Waals surface area contributed by atoms with Gasteiger partial charge in [-0.2, -0.15) is 5.10 Å². The number of halogens is 2. The summed E-state index contributed by atoms with van der Waals surface area (Å²) in [4.78, 5) is 0.0612. The first-order valence-corrected chi connectivity index (χ1v) is 10.9. The normalized spacial score (nSPS) is 14.8. The molecule has 4 rings (SSSR count). The molecule has 1 aromatic heterocycles. The van der Waals surface area contributed by atoms with Crippen LogP contribution in [0.5, 0.6) is 0 Å². The fraction of sp³-hybridized carbons (Fsp3) is 0.286. The Morgan fingerprint density at radius 3 is 2.67 bits per heavy atom. The average molecular weight is 433 g/mol. The van der Waals surface area contributed by atoms with Gasteiger partial charge in [-0.25, -0.2) is 17.2 Å². The number of aliphatic hydroxyl groups excluding tert-OH is 1. The lowest BCUT2D eigenvalue weighted by molar-refractivity contribution is 0.145. The number of anilines is 1. The van der Waals surface area contributed by atoms with Gasteiger partial charge in [-0.05, 0) is 50.1 Å². The summed E-state index contributed by atoms with van der Waals surface area (Å²) in [6, 6.07) is 10.2. The highest BCUT2D eigenvalue weighted by atomic mass is 32.2. The Morgan fingerprint density at radius 1 is 1.17 bits per heavy atom. The molecular weight excluding hydrogens is 412 g/mol. The third-order valence-corrected chi connectivity index (χ3v) is 7.44. The molecule has 0 aliphatic carbocycles. The minimum absolute atomic E-state index is 0.0612. The summed E-state index contributed by atoms with van der Waals surface area (Å²) in [5.41, 5.74) is 2.00. The molecule has 0 amide bonds. The van der Waals surface area contributed by atoms with E-state index < -0.39 is 27.8 Å². The Balaban J connectivity index is 1.68. The summed E-state index contributed by atoms with van der Waals surface area (Å²) in [5.74, 6) is -1.42. The van der Waals surface area contributed by atoms with Crippen molar-refractivity contribution in [3.8, 4) is 0 Å². The predicted octanol–water partition coefficient (Wildman–Crippen LogP) is 3.26. The standard InChI is InChI=1S/C21H21F2N3O3S/c1-13-21(30(28,29)26-10-9-15-5-3-4-6-19(15)26)14(2)25(24-13)12-20(27)17-11-16(22)7-8-18(17)23/h3-8,11,20,27H,9-10,12H2,1-2H3. The molecule has 0 fully saturated rings. The molecule has 2 heterocycles. The van der Waals surface area contributed by atoms with Gasteiger partial charge in [-0.1, -0.05) is 18.2 Å². The predicted molar refractivity (Wildman–Crippen MR) is 108 cm³/mol. The van der Waals surface area contributed by atoms with E-state index in [4.69, 9.17) is 0 Å². The first kappa shape index (κ1) is 20.5. The molecule has 1 N–H and O–H groups in total. The Bertz CT molecular complexity index is 1220. The molecule has 9 heteroatoms. The van der Waals surface area contributed by atoms with E-state index in [1.807, 2.05) is 12.1 Å². The molecule has 0 bridgehead atoms. The number of benzene rings is 2. The number of rotatable bonds is 5. The largest absolute Gasteiger partial charge is 0.386 e. The number of nitrogens with zero attached hydrogens (tertiary/aromatic N) is 3. The van der Waals surface area contributed by atoms with E-state index in [1.165, 1.54) is 8.99 Å². The molecule has 0 spiro atoms. The number of aliphatic hydroxyl groups is 1. The maximum absolute atomic E-state index is 14.0. The highest BCUT2D eigenvalue weighted by Crippen LogP contribution is 2.35. The number of hydrogen-bond donors (Lipinski definition) is 1. The third-order valence-electron chi connectivity index (χ3n) is 5.37. The number of fused-ring (bicyclic) bond motifs is 1. The Morgan fingerprint density at radius 2 is 1.90 bits per heavy atom. The maximum atomic E-state index is 14.0. The molecule has 6 nitrogen and oxygen atoms in total. The quantitative estimate of drug-likeness (QED) is 0.670. The highest BCUT2D eigenvalue weighted by Gasteiger charge is 2.35. The van der Waals surface area contributed by atoms with Crippen LogP contribution in [0.1, 0.15) is 28.6 Å². The van der Waals surface area contributed by atoms with Gasteiger partial charge >= 0.3 is 0 Å². The van der Waals surface area contributed by atoms with E-state index in [0.717, 1.165) is 23.8 Å². The van der Waals surface area contributed by atoms with Crippen molar-refractivity contribution in [3.05, 3.63) is 76.6 Å². The molecule has 0 radical (unpaired) electrons. The van der Waals surface area contributed by atoms with Crippen molar-refractivity contribution in [1.29, 1.82) is 0 Å². The van der Waals surface area contributed by atoms with Crippen LogP contribution in [0.4, 0.5) is 14.5 Å².